The Morgan fingerprint density at radius 3 is 2.59 bits per heavy atom. The summed E-state index contributed by atoms with van der Waals surface area (Å²) in [4.78, 5) is 10.7. The molecule has 1 saturated heterocycles. The highest BCUT2D eigenvalue weighted by Gasteiger charge is 2.38. The molecular weight excluding hydrogens is 244 g/mol. The molecule has 1 N–H and O–H groups in total. The minimum absolute atomic E-state index is 0.120. The van der Waals surface area contributed by atoms with Gasteiger partial charge in [0.25, 0.3) is 10.2 Å². The van der Waals surface area contributed by atoms with Gasteiger partial charge in [0.1, 0.15) is 0 Å². The van der Waals surface area contributed by atoms with E-state index >= 15 is 0 Å². The summed E-state index contributed by atoms with van der Waals surface area (Å²) in [7, 11) is -2.01. The minimum atomic E-state index is -3.53. The number of carbonyl (C=O) groups is 1. The zero-order valence-electron chi connectivity index (χ0n) is 10.5. The lowest BCUT2D eigenvalue weighted by Crippen LogP contribution is -2.47. The third-order valence-electron chi connectivity index (χ3n) is 3.12. The van der Waals surface area contributed by atoms with Gasteiger partial charge in [0.15, 0.2) is 0 Å². The van der Waals surface area contributed by atoms with Gasteiger partial charge in [-0.2, -0.15) is 17.0 Å². The Hall–Kier alpha value is -0.660. The van der Waals surface area contributed by atoms with Crippen LogP contribution in [-0.2, 0) is 15.0 Å². The molecule has 1 rings (SSSR count). The van der Waals surface area contributed by atoms with E-state index in [1.54, 1.807) is 13.8 Å². The van der Waals surface area contributed by atoms with Crippen LogP contribution in [0, 0.1) is 0 Å². The Labute approximate surface area is 102 Å². The molecule has 1 unspecified atom stereocenters. The monoisotopic (exact) mass is 264 g/mol. The van der Waals surface area contributed by atoms with Crippen LogP contribution in [0.2, 0.25) is 0 Å². The molecule has 0 amide bonds. The molecule has 0 bridgehead atoms. The Morgan fingerprint density at radius 2 is 2.12 bits per heavy atom. The molecule has 0 saturated carbocycles. The van der Waals surface area contributed by atoms with E-state index in [1.165, 1.54) is 15.7 Å². The molecule has 0 aromatic heterocycles. The molecule has 7 heteroatoms. The topological polar surface area (TPSA) is 77.9 Å². The summed E-state index contributed by atoms with van der Waals surface area (Å²) >= 11 is 0. The van der Waals surface area contributed by atoms with Crippen molar-refractivity contribution >= 4 is 16.2 Å². The van der Waals surface area contributed by atoms with Crippen LogP contribution < -0.4 is 0 Å². The third kappa shape index (κ3) is 3.17. The summed E-state index contributed by atoms with van der Waals surface area (Å²) in [6, 6.07) is -0.537. The maximum Gasteiger partial charge on any atom is 0.304 e. The van der Waals surface area contributed by atoms with E-state index in [0.29, 0.717) is 13.0 Å². The lowest BCUT2D eigenvalue weighted by Gasteiger charge is -2.30. The summed E-state index contributed by atoms with van der Waals surface area (Å²) in [5, 5.41) is 8.77. The molecular formula is C10H20N2O4S. The smallest absolute Gasteiger partial charge is 0.304 e. The molecule has 0 aromatic rings. The molecule has 0 aromatic carbocycles. The Balaban J connectivity index is 2.87. The number of rotatable bonds is 5. The zero-order valence-corrected chi connectivity index (χ0v) is 11.3. The van der Waals surface area contributed by atoms with E-state index in [-0.39, 0.29) is 12.5 Å². The molecule has 1 fully saturated rings. The number of hydrogen-bond donors (Lipinski definition) is 1. The third-order valence-corrected chi connectivity index (χ3v) is 5.34. The second-order valence-corrected chi connectivity index (χ2v) is 6.56. The van der Waals surface area contributed by atoms with Gasteiger partial charge in [-0.15, -0.1) is 0 Å². The molecule has 17 heavy (non-hydrogen) atoms. The molecule has 1 atom stereocenters. The number of carboxylic acid groups (broad SMARTS) is 1. The summed E-state index contributed by atoms with van der Waals surface area (Å²) in [5.74, 6) is -0.954. The summed E-state index contributed by atoms with van der Waals surface area (Å²) in [5.41, 5.74) is 0. The van der Waals surface area contributed by atoms with E-state index in [0.717, 1.165) is 6.42 Å². The molecule has 0 aliphatic carbocycles. The van der Waals surface area contributed by atoms with Crippen molar-refractivity contribution in [1.29, 1.82) is 0 Å². The van der Waals surface area contributed by atoms with Crippen molar-refractivity contribution in [3.63, 3.8) is 0 Å². The van der Waals surface area contributed by atoms with Crippen molar-refractivity contribution in [2.24, 2.45) is 0 Å². The number of hydrogen-bond acceptors (Lipinski definition) is 3. The van der Waals surface area contributed by atoms with Gasteiger partial charge in [0, 0.05) is 25.7 Å². The van der Waals surface area contributed by atoms with Crippen molar-refractivity contribution in [1.82, 2.24) is 8.61 Å². The van der Waals surface area contributed by atoms with E-state index in [1.807, 2.05) is 0 Å². The molecule has 0 spiro atoms. The van der Waals surface area contributed by atoms with Crippen LogP contribution in [0.5, 0.6) is 0 Å². The van der Waals surface area contributed by atoms with Crippen LogP contribution in [0.25, 0.3) is 0 Å². The maximum atomic E-state index is 12.2. The van der Waals surface area contributed by atoms with Crippen LogP contribution >= 0.6 is 0 Å². The Bertz CT molecular complexity index is 380. The largest absolute Gasteiger partial charge is 0.481 e. The van der Waals surface area contributed by atoms with Crippen LogP contribution in [0.15, 0.2) is 0 Å². The average molecular weight is 264 g/mol. The predicted molar refractivity (Wildman–Crippen MR) is 63.8 cm³/mol. The lowest BCUT2D eigenvalue weighted by atomic mass is 10.2. The second-order valence-electron chi connectivity index (χ2n) is 4.62. The number of aliphatic carboxylic acids is 1. The van der Waals surface area contributed by atoms with Gasteiger partial charge in [0.05, 0.1) is 6.42 Å². The SMILES string of the molecule is CC(C)N(C)S(=O)(=O)N1CCCC1CC(=O)O. The van der Waals surface area contributed by atoms with Crippen molar-refractivity contribution in [3.05, 3.63) is 0 Å². The van der Waals surface area contributed by atoms with Gasteiger partial charge < -0.3 is 5.11 Å². The predicted octanol–water partition coefficient (Wildman–Crippen LogP) is 0.510. The van der Waals surface area contributed by atoms with Crippen LogP contribution in [-0.4, -0.2) is 53.8 Å². The van der Waals surface area contributed by atoms with E-state index in [2.05, 4.69) is 0 Å². The van der Waals surface area contributed by atoms with Crippen LogP contribution in [0.4, 0.5) is 0 Å². The van der Waals surface area contributed by atoms with Crippen molar-refractivity contribution in [3.8, 4) is 0 Å². The van der Waals surface area contributed by atoms with Crippen molar-refractivity contribution in [2.45, 2.75) is 45.2 Å². The molecule has 6 nitrogen and oxygen atoms in total. The standard InChI is InChI=1S/C10H20N2O4S/c1-8(2)11(3)17(15,16)12-6-4-5-9(12)7-10(13)14/h8-9H,4-7H2,1-3H3,(H,13,14). The van der Waals surface area contributed by atoms with Gasteiger partial charge in [0.2, 0.25) is 0 Å². The second kappa shape index (κ2) is 5.32. The fraction of sp³-hybridized carbons (Fsp3) is 0.900. The lowest BCUT2D eigenvalue weighted by molar-refractivity contribution is -0.137. The normalized spacial score (nSPS) is 22.5. The highest BCUT2D eigenvalue weighted by atomic mass is 32.2. The van der Waals surface area contributed by atoms with Gasteiger partial charge >= 0.3 is 5.97 Å². The Morgan fingerprint density at radius 1 is 1.53 bits per heavy atom. The van der Waals surface area contributed by atoms with Gasteiger partial charge in [-0.25, -0.2) is 0 Å². The van der Waals surface area contributed by atoms with Gasteiger partial charge in [-0.3, -0.25) is 4.79 Å². The van der Waals surface area contributed by atoms with Crippen LogP contribution in [0.1, 0.15) is 33.1 Å². The molecule has 1 aliphatic heterocycles. The number of nitrogens with zero attached hydrogens (tertiary/aromatic N) is 2. The first kappa shape index (κ1) is 14.4. The highest BCUT2D eigenvalue weighted by Crippen LogP contribution is 2.25. The quantitative estimate of drug-likeness (QED) is 0.785. The molecule has 100 valence electrons. The first-order valence-corrected chi connectivity index (χ1v) is 7.13. The van der Waals surface area contributed by atoms with Crippen molar-refractivity contribution in [2.75, 3.05) is 13.6 Å². The first-order valence-electron chi connectivity index (χ1n) is 5.73. The summed E-state index contributed by atoms with van der Waals surface area (Å²) in [6.07, 6.45) is 1.23. The summed E-state index contributed by atoms with van der Waals surface area (Å²) in [6.45, 7) is 4.00. The minimum Gasteiger partial charge on any atom is -0.481 e. The van der Waals surface area contributed by atoms with Crippen LogP contribution in [0.3, 0.4) is 0 Å². The van der Waals surface area contributed by atoms with Crippen molar-refractivity contribution < 1.29 is 18.3 Å². The fourth-order valence-corrected chi connectivity index (χ4v) is 3.73. The zero-order chi connectivity index (χ0) is 13.2. The first-order chi connectivity index (χ1) is 7.76. The maximum absolute atomic E-state index is 12.2. The average Bonchev–Trinajstić information content (AvgIpc) is 2.63. The number of carboxylic acids is 1. The van der Waals surface area contributed by atoms with Gasteiger partial charge in [-0.05, 0) is 26.7 Å². The van der Waals surface area contributed by atoms with E-state index in [4.69, 9.17) is 5.11 Å². The molecule has 0 radical (unpaired) electrons. The van der Waals surface area contributed by atoms with E-state index in [9.17, 15) is 13.2 Å². The Kier molecular flexibility index (Phi) is 4.51. The molecule has 1 heterocycles. The van der Waals surface area contributed by atoms with Gasteiger partial charge in [-0.1, -0.05) is 0 Å². The van der Waals surface area contributed by atoms with E-state index < -0.39 is 22.2 Å². The summed E-state index contributed by atoms with van der Waals surface area (Å²) < 4.78 is 27.1. The fourth-order valence-electron chi connectivity index (χ4n) is 1.95. The molecule has 1 aliphatic rings. The highest BCUT2D eigenvalue weighted by molar-refractivity contribution is 7.86.